The summed E-state index contributed by atoms with van der Waals surface area (Å²) < 4.78 is 26.1. The molecule has 0 saturated heterocycles. The van der Waals surface area contributed by atoms with E-state index in [2.05, 4.69) is 28.8 Å². The number of rotatable bonds is 10. The number of likely N-dealkylation sites (N-methyl/N-ethyl adjacent to an activating group) is 1. The van der Waals surface area contributed by atoms with Crippen molar-refractivity contribution in [1.29, 1.82) is 0 Å². The molecule has 0 heterocycles. The van der Waals surface area contributed by atoms with Crippen LogP contribution < -0.4 is 10.0 Å². The normalized spacial score (nSPS) is 14.2. The van der Waals surface area contributed by atoms with Crippen molar-refractivity contribution in [1.82, 2.24) is 14.9 Å². The molecule has 0 aromatic heterocycles. The molecule has 0 aromatic carbocycles. The summed E-state index contributed by atoms with van der Waals surface area (Å²) in [5.74, 6) is 0.142. The van der Waals surface area contributed by atoms with Gasteiger partial charge in [-0.1, -0.05) is 20.8 Å². The van der Waals surface area contributed by atoms with Crippen LogP contribution in [0, 0.1) is 0 Å². The fourth-order valence-electron chi connectivity index (χ4n) is 1.66. The summed E-state index contributed by atoms with van der Waals surface area (Å²) in [6, 6.07) is -0.0403. The number of hydrogen-bond donors (Lipinski definition) is 2. The van der Waals surface area contributed by atoms with E-state index in [1.807, 2.05) is 13.8 Å². The third-order valence-corrected chi connectivity index (χ3v) is 4.11. The maximum absolute atomic E-state index is 11.7. The highest BCUT2D eigenvalue weighted by Crippen LogP contribution is 1.94. The predicted octanol–water partition coefficient (Wildman–Crippen LogP) is 0.246. The molecule has 0 rings (SSSR count). The fourth-order valence-corrected chi connectivity index (χ4v) is 2.87. The molecule has 0 aromatic rings. The van der Waals surface area contributed by atoms with Crippen LogP contribution >= 0.6 is 0 Å². The maximum atomic E-state index is 11.7. The average Bonchev–Trinajstić information content (AvgIpc) is 2.25. The van der Waals surface area contributed by atoms with Crippen LogP contribution in [0.25, 0.3) is 0 Å². The first-order valence-electron chi connectivity index (χ1n) is 6.38. The maximum Gasteiger partial charge on any atom is 0.213 e. The van der Waals surface area contributed by atoms with E-state index < -0.39 is 10.0 Å². The first kappa shape index (κ1) is 16.8. The highest BCUT2D eigenvalue weighted by atomic mass is 32.2. The average molecular weight is 265 g/mol. The van der Waals surface area contributed by atoms with Crippen molar-refractivity contribution >= 4 is 10.0 Å². The zero-order valence-electron chi connectivity index (χ0n) is 11.5. The van der Waals surface area contributed by atoms with Gasteiger partial charge in [-0.25, -0.2) is 13.1 Å². The van der Waals surface area contributed by atoms with E-state index in [4.69, 9.17) is 0 Å². The van der Waals surface area contributed by atoms with Crippen molar-refractivity contribution < 1.29 is 8.42 Å². The lowest BCUT2D eigenvalue weighted by atomic mass is 10.3. The van der Waals surface area contributed by atoms with E-state index >= 15 is 0 Å². The lowest BCUT2D eigenvalue weighted by molar-refractivity contribution is 0.282. The Balaban J connectivity index is 4.04. The Kier molecular flexibility index (Phi) is 8.77. The van der Waals surface area contributed by atoms with Crippen LogP contribution in [0.4, 0.5) is 0 Å². The molecule has 0 saturated carbocycles. The Morgan fingerprint density at radius 3 is 2.24 bits per heavy atom. The summed E-state index contributed by atoms with van der Waals surface area (Å²) in [6.45, 7) is 12.0. The minimum Gasteiger partial charge on any atom is -0.316 e. The molecule has 5 nitrogen and oxygen atoms in total. The number of hydrogen-bond acceptors (Lipinski definition) is 4. The van der Waals surface area contributed by atoms with Crippen molar-refractivity contribution in [3.8, 4) is 0 Å². The van der Waals surface area contributed by atoms with Gasteiger partial charge in [0.2, 0.25) is 10.0 Å². The first-order valence-corrected chi connectivity index (χ1v) is 8.03. The van der Waals surface area contributed by atoms with Crippen LogP contribution in [0.3, 0.4) is 0 Å². The van der Waals surface area contributed by atoms with E-state index in [0.29, 0.717) is 6.54 Å². The summed E-state index contributed by atoms with van der Waals surface area (Å²) >= 11 is 0. The van der Waals surface area contributed by atoms with Crippen molar-refractivity contribution in [2.75, 3.05) is 38.5 Å². The van der Waals surface area contributed by atoms with Crippen molar-refractivity contribution in [3.63, 3.8) is 0 Å². The molecule has 0 bridgehead atoms. The summed E-state index contributed by atoms with van der Waals surface area (Å²) in [6.07, 6.45) is 0. The fraction of sp³-hybridized carbons (Fsp3) is 1.00. The minimum absolute atomic E-state index is 0.0403. The summed E-state index contributed by atoms with van der Waals surface area (Å²) in [7, 11) is -3.15. The number of nitrogens with one attached hydrogen (secondary N) is 2. The van der Waals surface area contributed by atoms with E-state index in [-0.39, 0.29) is 11.8 Å². The molecule has 0 amide bonds. The predicted molar refractivity (Wildman–Crippen MR) is 72.7 cm³/mol. The second-order valence-electron chi connectivity index (χ2n) is 4.18. The van der Waals surface area contributed by atoms with Crippen LogP contribution in [0.1, 0.15) is 27.7 Å². The van der Waals surface area contributed by atoms with Crippen LogP contribution in [-0.4, -0.2) is 57.8 Å². The van der Waals surface area contributed by atoms with E-state index in [9.17, 15) is 8.42 Å². The van der Waals surface area contributed by atoms with E-state index in [0.717, 1.165) is 26.2 Å². The second kappa shape index (κ2) is 8.85. The van der Waals surface area contributed by atoms with Gasteiger partial charge in [0, 0.05) is 19.1 Å². The molecule has 0 spiro atoms. The Morgan fingerprint density at radius 2 is 1.76 bits per heavy atom. The zero-order chi connectivity index (χ0) is 13.3. The van der Waals surface area contributed by atoms with Crippen LogP contribution in [-0.2, 0) is 10.0 Å². The molecular formula is C11H27N3O2S. The monoisotopic (exact) mass is 265 g/mol. The molecule has 0 radical (unpaired) electrons. The van der Waals surface area contributed by atoms with Crippen molar-refractivity contribution in [2.24, 2.45) is 0 Å². The van der Waals surface area contributed by atoms with Gasteiger partial charge in [-0.2, -0.15) is 0 Å². The SMILES string of the molecule is CCNCCS(=O)(=O)NC(C)CN(CC)CC. The van der Waals surface area contributed by atoms with Gasteiger partial charge in [0.1, 0.15) is 0 Å². The van der Waals surface area contributed by atoms with Crippen LogP contribution in [0.5, 0.6) is 0 Å². The highest BCUT2D eigenvalue weighted by molar-refractivity contribution is 7.89. The largest absolute Gasteiger partial charge is 0.316 e. The van der Waals surface area contributed by atoms with Crippen LogP contribution in [0.15, 0.2) is 0 Å². The molecule has 0 aliphatic carbocycles. The molecule has 1 atom stereocenters. The quantitative estimate of drug-likeness (QED) is 0.556. The standard InChI is InChI=1S/C11H27N3O2S/c1-5-12-8-9-17(15,16)13-11(4)10-14(6-2)7-3/h11-13H,5-10H2,1-4H3. The highest BCUT2D eigenvalue weighted by Gasteiger charge is 2.15. The molecule has 0 aliphatic heterocycles. The summed E-state index contributed by atoms with van der Waals surface area (Å²) in [5.41, 5.74) is 0. The van der Waals surface area contributed by atoms with E-state index in [1.165, 1.54) is 0 Å². The summed E-state index contributed by atoms with van der Waals surface area (Å²) in [4.78, 5) is 2.21. The summed E-state index contributed by atoms with van der Waals surface area (Å²) in [5, 5.41) is 3.01. The zero-order valence-corrected chi connectivity index (χ0v) is 12.3. The van der Waals surface area contributed by atoms with Crippen molar-refractivity contribution in [2.45, 2.75) is 33.7 Å². The molecule has 6 heteroatoms. The van der Waals surface area contributed by atoms with Gasteiger partial charge < -0.3 is 10.2 Å². The molecule has 17 heavy (non-hydrogen) atoms. The number of nitrogens with zero attached hydrogens (tertiary/aromatic N) is 1. The van der Waals surface area contributed by atoms with Gasteiger partial charge in [0.05, 0.1) is 5.75 Å². The second-order valence-corrected chi connectivity index (χ2v) is 6.05. The molecule has 0 fully saturated rings. The third-order valence-electron chi connectivity index (χ3n) is 2.60. The Labute approximate surface area is 106 Å². The lowest BCUT2D eigenvalue weighted by Crippen LogP contribution is -2.43. The molecule has 1 unspecified atom stereocenters. The van der Waals surface area contributed by atoms with Gasteiger partial charge >= 0.3 is 0 Å². The smallest absolute Gasteiger partial charge is 0.213 e. The van der Waals surface area contributed by atoms with Gasteiger partial charge in [-0.05, 0) is 26.6 Å². The van der Waals surface area contributed by atoms with E-state index in [1.54, 1.807) is 0 Å². The van der Waals surface area contributed by atoms with Gasteiger partial charge in [0.15, 0.2) is 0 Å². The topological polar surface area (TPSA) is 61.4 Å². The Morgan fingerprint density at radius 1 is 1.18 bits per heavy atom. The minimum atomic E-state index is -3.15. The third kappa shape index (κ3) is 8.54. The van der Waals surface area contributed by atoms with Gasteiger partial charge in [-0.3, -0.25) is 0 Å². The first-order chi connectivity index (χ1) is 7.95. The molecular weight excluding hydrogens is 238 g/mol. The molecule has 104 valence electrons. The van der Waals surface area contributed by atoms with Crippen LogP contribution in [0.2, 0.25) is 0 Å². The Bertz CT molecular complexity index is 276. The molecule has 0 aliphatic rings. The van der Waals surface area contributed by atoms with Gasteiger partial charge in [0.25, 0.3) is 0 Å². The van der Waals surface area contributed by atoms with Crippen molar-refractivity contribution in [3.05, 3.63) is 0 Å². The van der Waals surface area contributed by atoms with Gasteiger partial charge in [-0.15, -0.1) is 0 Å². The Hall–Kier alpha value is -0.170. The lowest BCUT2D eigenvalue weighted by Gasteiger charge is -2.23. The number of sulfonamides is 1. The molecule has 2 N–H and O–H groups in total.